The molecule has 0 aliphatic carbocycles. The van der Waals surface area contributed by atoms with Crippen molar-refractivity contribution in [3.05, 3.63) is 36.7 Å². The number of ether oxygens (including phenoxy) is 2. The van der Waals surface area contributed by atoms with Crippen LogP contribution in [-0.2, 0) is 4.74 Å². The van der Waals surface area contributed by atoms with Crippen LogP contribution in [0.25, 0.3) is 11.3 Å². The number of benzene rings is 1. The molecule has 1 amide bonds. The lowest BCUT2D eigenvalue weighted by Crippen LogP contribution is -2.50. The SMILES string of the molecule is CC(C)Oc1ccc(-c2nccnc2N2CCN(C(=O)OC(C)(C)C)CC2)cc1. The molecule has 1 fully saturated rings. The third-order valence-corrected chi connectivity index (χ3v) is 4.41. The van der Waals surface area contributed by atoms with Gasteiger partial charge in [0.05, 0.1) is 6.10 Å². The summed E-state index contributed by atoms with van der Waals surface area (Å²) in [6, 6.07) is 7.91. The van der Waals surface area contributed by atoms with Gasteiger partial charge < -0.3 is 19.3 Å². The molecule has 3 rings (SSSR count). The van der Waals surface area contributed by atoms with Gasteiger partial charge in [-0.2, -0.15) is 0 Å². The van der Waals surface area contributed by atoms with Gasteiger partial charge in [-0.25, -0.2) is 9.78 Å². The number of hydrogen-bond acceptors (Lipinski definition) is 6. The fourth-order valence-electron chi connectivity index (χ4n) is 3.16. The van der Waals surface area contributed by atoms with Crippen molar-refractivity contribution in [1.82, 2.24) is 14.9 Å². The van der Waals surface area contributed by atoms with Gasteiger partial charge in [0, 0.05) is 44.1 Å². The molecular formula is C22H30N4O3. The maximum absolute atomic E-state index is 12.3. The molecule has 1 aliphatic heterocycles. The van der Waals surface area contributed by atoms with E-state index in [2.05, 4.69) is 14.9 Å². The van der Waals surface area contributed by atoms with Crippen molar-refractivity contribution in [2.45, 2.75) is 46.3 Å². The molecule has 29 heavy (non-hydrogen) atoms. The summed E-state index contributed by atoms with van der Waals surface area (Å²) in [4.78, 5) is 25.4. The molecule has 1 aliphatic rings. The maximum Gasteiger partial charge on any atom is 0.410 e. The van der Waals surface area contributed by atoms with Crippen molar-refractivity contribution in [3.63, 3.8) is 0 Å². The summed E-state index contributed by atoms with van der Waals surface area (Å²) in [5.41, 5.74) is 1.32. The number of rotatable bonds is 4. The Morgan fingerprint density at radius 2 is 1.62 bits per heavy atom. The quantitative estimate of drug-likeness (QED) is 0.776. The molecule has 0 N–H and O–H groups in total. The maximum atomic E-state index is 12.3. The van der Waals surface area contributed by atoms with Gasteiger partial charge in [0.1, 0.15) is 17.0 Å². The van der Waals surface area contributed by atoms with E-state index < -0.39 is 5.60 Å². The summed E-state index contributed by atoms with van der Waals surface area (Å²) in [7, 11) is 0. The second-order valence-corrected chi connectivity index (χ2v) is 8.37. The highest BCUT2D eigenvalue weighted by Crippen LogP contribution is 2.29. The first kappa shape index (κ1) is 20.9. The molecule has 1 saturated heterocycles. The Kier molecular flexibility index (Phi) is 6.25. The normalized spacial score (nSPS) is 14.8. The van der Waals surface area contributed by atoms with Gasteiger partial charge in [0.25, 0.3) is 0 Å². The van der Waals surface area contributed by atoms with Gasteiger partial charge in [0.15, 0.2) is 5.82 Å². The Balaban J connectivity index is 1.71. The van der Waals surface area contributed by atoms with Gasteiger partial charge >= 0.3 is 6.09 Å². The van der Waals surface area contributed by atoms with E-state index in [1.54, 1.807) is 17.3 Å². The molecule has 0 bridgehead atoms. The smallest absolute Gasteiger partial charge is 0.410 e. The molecule has 7 nitrogen and oxygen atoms in total. The summed E-state index contributed by atoms with van der Waals surface area (Å²) in [5.74, 6) is 1.66. The minimum absolute atomic E-state index is 0.134. The molecule has 2 heterocycles. The minimum atomic E-state index is -0.488. The molecule has 0 spiro atoms. The molecule has 0 saturated carbocycles. The van der Waals surface area contributed by atoms with Crippen LogP contribution in [-0.4, -0.2) is 58.8 Å². The third-order valence-electron chi connectivity index (χ3n) is 4.41. The summed E-state index contributed by atoms with van der Waals surface area (Å²) in [6.07, 6.45) is 3.27. The predicted molar refractivity (Wildman–Crippen MR) is 113 cm³/mol. The van der Waals surface area contributed by atoms with Crippen molar-refractivity contribution >= 4 is 11.9 Å². The van der Waals surface area contributed by atoms with E-state index in [4.69, 9.17) is 9.47 Å². The topological polar surface area (TPSA) is 67.8 Å². The fraction of sp³-hybridized carbons (Fsp3) is 0.500. The van der Waals surface area contributed by atoms with Crippen molar-refractivity contribution < 1.29 is 14.3 Å². The zero-order valence-corrected chi connectivity index (χ0v) is 17.9. The predicted octanol–water partition coefficient (Wildman–Crippen LogP) is 3.99. The van der Waals surface area contributed by atoms with Gasteiger partial charge in [-0.3, -0.25) is 4.98 Å². The van der Waals surface area contributed by atoms with Crippen LogP contribution >= 0.6 is 0 Å². The Labute approximate surface area is 172 Å². The van der Waals surface area contributed by atoms with Crippen LogP contribution in [0, 0.1) is 0 Å². The third kappa shape index (κ3) is 5.59. The lowest BCUT2D eigenvalue weighted by molar-refractivity contribution is 0.0240. The number of aromatic nitrogens is 2. The molecule has 156 valence electrons. The highest BCUT2D eigenvalue weighted by atomic mass is 16.6. The zero-order valence-electron chi connectivity index (χ0n) is 17.9. The molecule has 2 aromatic rings. The Bertz CT molecular complexity index is 823. The van der Waals surface area contributed by atoms with E-state index in [0.717, 1.165) is 22.8 Å². The fourth-order valence-corrected chi connectivity index (χ4v) is 3.16. The summed E-state index contributed by atoms with van der Waals surface area (Å²) < 4.78 is 11.2. The second kappa shape index (κ2) is 8.68. The number of nitrogens with zero attached hydrogens (tertiary/aromatic N) is 4. The van der Waals surface area contributed by atoms with Crippen LogP contribution in [0.2, 0.25) is 0 Å². The molecule has 0 unspecified atom stereocenters. The zero-order chi connectivity index (χ0) is 21.0. The Hall–Kier alpha value is -2.83. The number of amides is 1. The summed E-state index contributed by atoms with van der Waals surface area (Å²) in [5, 5.41) is 0. The monoisotopic (exact) mass is 398 g/mol. The van der Waals surface area contributed by atoms with E-state index >= 15 is 0 Å². The first-order valence-corrected chi connectivity index (χ1v) is 10.0. The van der Waals surface area contributed by atoms with Crippen molar-refractivity contribution in [2.24, 2.45) is 0 Å². The number of hydrogen-bond donors (Lipinski definition) is 0. The number of piperazine rings is 1. The Morgan fingerprint density at radius 3 is 2.21 bits per heavy atom. The first-order chi connectivity index (χ1) is 13.7. The molecule has 1 aromatic heterocycles. The Morgan fingerprint density at radius 1 is 1.00 bits per heavy atom. The van der Waals surface area contributed by atoms with Crippen LogP contribution in [0.1, 0.15) is 34.6 Å². The first-order valence-electron chi connectivity index (χ1n) is 10.0. The summed E-state index contributed by atoms with van der Waals surface area (Å²) in [6.45, 7) is 12.2. The average Bonchev–Trinajstić information content (AvgIpc) is 2.67. The molecule has 0 radical (unpaired) electrons. The summed E-state index contributed by atoms with van der Waals surface area (Å²) >= 11 is 0. The van der Waals surface area contributed by atoms with E-state index in [1.807, 2.05) is 58.9 Å². The van der Waals surface area contributed by atoms with Crippen LogP contribution < -0.4 is 9.64 Å². The lowest BCUT2D eigenvalue weighted by atomic mass is 10.1. The van der Waals surface area contributed by atoms with Crippen molar-refractivity contribution in [2.75, 3.05) is 31.1 Å². The van der Waals surface area contributed by atoms with Crippen LogP contribution in [0.4, 0.5) is 10.6 Å². The highest BCUT2D eigenvalue weighted by molar-refractivity contribution is 5.73. The number of carbonyl (C=O) groups excluding carboxylic acids is 1. The van der Waals surface area contributed by atoms with E-state index in [-0.39, 0.29) is 12.2 Å². The van der Waals surface area contributed by atoms with Gasteiger partial charge in [-0.1, -0.05) is 0 Å². The number of carbonyl (C=O) groups is 1. The van der Waals surface area contributed by atoms with Gasteiger partial charge in [-0.05, 0) is 58.9 Å². The highest BCUT2D eigenvalue weighted by Gasteiger charge is 2.27. The van der Waals surface area contributed by atoms with Gasteiger partial charge in [0.2, 0.25) is 0 Å². The van der Waals surface area contributed by atoms with E-state index in [9.17, 15) is 4.79 Å². The molecule has 1 aromatic carbocycles. The molecule has 0 atom stereocenters. The standard InChI is InChI=1S/C22H30N4O3/c1-16(2)28-18-8-6-17(7-9-18)19-20(24-11-10-23-19)25-12-14-26(15-13-25)21(27)29-22(3,4)5/h6-11,16H,12-15H2,1-5H3. The minimum Gasteiger partial charge on any atom is -0.491 e. The van der Waals surface area contributed by atoms with Crippen LogP contribution in [0.15, 0.2) is 36.7 Å². The van der Waals surface area contributed by atoms with Crippen LogP contribution in [0.5, 0.6) is 5.75 Å². The second-order valence-electron chi connectivity index (χ2n) is 8.37. The van der Waals surface area contributed by atoms with E-state index in [0.29, 0.717) is 26.2 Å². The van der Waals surface area contributed by atoms with Crippen LogP contribution in [0.3, 0.4) is 0 Å². The lowest BCUT2D eigenvalue weighted by Gasteiger charge is -2.36. The van der Waals surface area contributed by atoms with E-state index in [1.165, 1.54) is 0 Å². The van der Waals surface area contributed by atoms with Gasteiger partial charge in [-0.15, -0.1) is 0 Å². The molecular weight excluding hydrogens is 368 g/mol. The average molecular weight is 399 g/mol. The number of anilines is 1. The largest absolute Gasteiger partial charge is 0.491 e. The van der Waals surface area contributed by atoms with Crippen molar-refractivity contribution in [1.29, 1.82) is 0 Å². The van der Waals surface area contributed by atoms with Crippen molar-refractivity contribution in [3.8, 4) is 17.0 Å². The molecule has 7 heteroatoms.